The number of halogens is 2. The third kappa shape index (κ3) is 7.35. The van der Waals surface area contributed by atoms with Crippen molar-refractivity contribution in [3.05, 3.63) is 91.8 Å². The zero-order chi connectivity index (χ0) is 28.1. The second kappa shape index (κ2) is 12.6. The molecule has 1 aliphatic heterocycles. The Balaban J connectivity index is 1.45. The fourth-order valence-electron chi connectivity index (χ4n) is 3.97. The van der Waals surface area contributed by atoms with Crippen molar-refractivity contribution in [1.29, 1.82) is 0 Å². The summed E-state index contributed by atoms with van der Waals surface area (Å²) in [4.78, 5) is 39.2. The van der Waals surface area contributed by atoms with E-state index >= 15 is 0 Å². The largest absolute Gasteiger partial charge is 0.490 e. The molecule has 1 N–H and O–H groups in total. The van der Waals surface area contributed by atoms with E-state index in [-0.39, 0.29) is 18.1 Å². The minimum absolute atomic E-state index is 0.207. The van der Waals surface area contributed by atoms with E-state index in [1.807, 2.05) is 39.0 Å². The van der Waals surface area contributed by atoms with E-state index in [4.69, 9.17) is 32.7 Å². The summed E-state index contributed by atoms with van der Waals surface area (Å²) in [5.41, 5.74) is 4.01. The van der Waals surface area contributed by atoms with Crippen molar-refractivity contribution in [2.24, 2.45) is 0 Å². The third-order valence-electron chi connectivity index (χ3n) is 5.64. The highest BCUT2D eigenvalue weighted by molar-refractivity contribution is 8.18. The second-order valence-corrected chi connectivity index (χ2v) is 10.7. The van der Waals surface area contributed by atoms with Gasteiger partial charge in [0.2, 0.25) is 5.91 Å². The molecule has 4 rings (SSSR count). The van der Waals surface area contributed by atoms with Crippen molar-refractivity contribution < 1.29 is 23.9 Å². The van der Waals surface area contributed by atoms with Gasteiger partial charge in [-0.2, -0.15) is 0 Å². The molecule has 202 valence electrons. The van der Waals surface area contributed by atoms with Crippen LogP contribution in [0.2, 0.25) is 10.0 Å². The Hall–Kier alpha value is -3.46. The first kappa shape index (κ1) is 28.5. The summed E-state index contributed by atoms with van der Waals surface area (Å²) in [7, 11) is 0. The number of amides is 3. The third-order valence-corrected chi connectivity index (χ3v) is 7.14. The summed E-state index contributed by atoms with van der Waals surface area (Å²) in [6, 6.07) is 16.0. The molecule has 3 aromatic carbocycles. The fraction of sp³-hybridized carbons (Fsp3) is 0.207. The van der Waals surface area contributed by atoms with Gasteiger partial charge in [0, 0.05) is 21.3 Å². The van der Waals surface area contributed by atoms with Gasteiger partial charge in [-0.15, -0.1) is 0 Å². The molecule has 3 amide bonds. The van der Waals surface area contributed by atoms with E-state index in [1.165, 1.54) is 0 Å². The maximum Gasteiger partial charge on any atom is 0.294 e. The molecule has 0 radical (unpaired) electrons. The summed E-state index contributed by atoms with van der Waals surface area (Å²) in [6.07, 6.45) is 1.59. The Morgan fingerprint density at radius 2 is 1.72 bits per heavy atom. The number of carbonyl (C=O) groups excluding carboxylic acids is 3. The van der Waals surface area contributed by atoms with Gasteiger partial charge in [-0.25, -0.2) is 0 Å². The Morgan fingerprint density at radius 1 is 0.974 bits per heavy atom. The van der Waals surface area contributed by atoms with Crippen LogP contribution in [-0.4, -0.2) is 35.1 Å². The van der Waals surface area contributed by atoms with Gasteiger partial charge in [-0.05, 0) is 91.7 Å². The van der Waals surface area contributed by atoms with Crippen molar-refractivity contribution in [1.82, 2.24) is 4.90 Å². The molecule has 7 nitrogen and oxygen atoms in total. The molecule has 0 aliphatic carbocycles. The lowest BCUT2D eigenvalue weighted by atomic mass is 10.1. The topological polar surface area (TPSA) is 84.9 Å². The zero-order valence-corrected chi connectivity index (χ0v) is 23.9. The first-order chi connectivity index (χ1) is 18.6. The Kier molecular flexibility index (Phi) is 9.22. The number of rotatable bonds is 9. The lowest BCUT2D eigenvalue weighted by Gasteiger charge is -2.14. The molecule has 3 aromatic rings. The van der Waals surface area contributed by atoms with Crippen LogP contribution in [0.3, 0.4) is 0 Å². The molecule has 1 fully saturated rings. The van der Waals surface area contributed by atoms with Crippen LogP contribution in [0, 0.1) is 13.8 Å². The minimum atomic E-state index is -0.531. The predicted octanol–water partition coefficient (Wildman–Crippen LogP) is 7.26. The summed E-state index contributed by atoms with van der Waals surface area (Å²) >= 11 is 13.0. The number of hydrogen-bond acceptors (Lipinski definition) is 6. The molecule has 0 spiro atoms. The first-order valence-corrected chi connectivity index (χ1v) is 13.7. The highest BCUT2D eigenvalue weighted by atomic mass is 35.5. The highest BCUT2D eigenvalue weighted by Crippen LogP contribution is 2.35. The molecule has 1 saturated heterocycles. The molecule has 0 aromatic heterocycles. The number of nitrogens with one attached hydrogen (secondary N) is 1. The van der Waals surface area contributed by atoms with Crippen molar-refractivity contribution in [2.75, 3.05) is 18.5 Å². The lowest BCUT2D eigenvalue weighted by Crippen LogP contribution is -2.36. The van der Waals surface area contributed by atoms with E-state index in [0.717, 1.165) is 33.4 Å². The van der Waals surface area contributed by atoms with E-state index in [2.05, 4.69) is 5.32 Å². The smallest absolute Gasteiger partial charge is 0.294 e. The van der Waals surface area contributed by atoms with Gasteiger partial charge in [0.05, 0.1) is 11.5 Å². The van der Waals surface area contributed by atoms with Crippen molar-refractivity contribution in [2.45, 2.75) is 27.4 Å². The van der Waals surface area contributed by atoms with Crippen molar-refractivity contribution in [3.63, 3.8) is 0 Å². The van der Waals surface area contributed by atoms with Crippen LogP contribution in [0.15, 0.2) is 59.5 Å². The molecular weight excluding hydrogens is 559 g/mol. The predicted molar refractivity (Wildman–Crippen MR) is 156 cm³/mol. The maximum atomic E-state index is 13.0. The summed E-state index contributed by atoms with van der Waals surface area (Å²) in [6.45, 7) is 5.93. The summed E-state index contributed by atoms with van der Waals surface area (Å²) in [5.74, 6) is -0.0136. The van der Waals surface area contributed by atoms with Gasteiger partial charge in [0.1, 0.15) is 13.2 Å². The number of thioether (sulfide) groups is 1. The van der Waals surface area contributed by atoms with Gasteiger partial charge in [-0.1, -0.05) is 41.4 Å². The summed E-state index contributed by atoms with van der Waals surface area (Å²) < 4.78 is 11.7. The number of benzene rings is 3. The van der Waals surface area contributed by atoms with Gasteiger partial charge >= 0.3 is 0 Å². The van der Waals surface area contributed by atoms with E-state index < -0.39 is 17.1 Å². The van der Waals surface area contributed by atoms with E-state index in [1.54, 1.807) is 42.5 Å². The number of aryl methyl sites for hydroxylation is 2. The second-order valence-electron chi connectivity index (χ2n) is 8.86. The van der Waals surface area contributed by atoms with Crippen LogP contribution in [0.4, 0.5) is 10.5 Å². The molecule has 0 unspecified atom stereocenters. The Labute approximate surface area is 241 Å². The maximum absolute atomic E-state index is 13.0. The monoisotopic (exact) mass is 584 g/mol. The van der Waals surface area contributed by atoms with Crippen molar-refractivity contribution >= 4 is 63.8 Å². The molecule has 0 atom stereocenters. The fourth-order valence-corrected chi connectivity index (χ4v) is 5.28. The molecule has 0 bridgehead atoms. The van der Waals surface area contributed by atoms with Gasteiger partial charge in [-0.3, -0.25) is 19.3 Å². The molecule has 10 heteroatoms. The van der Waals surface area contributed by atoms with Gasteiger partial charge in [0.15, 0.2) is 11.5 Å². The van der Waals surface area contributed by atoms with E-state index in [9.17, 15) is 14.4 Å². The highest BCUT2D eigenvalue weighted by Gasteiger charge is 2.36. The van der Waals surface area contributed by atoms with Crippen LogP contribution < -0.4 is 14.8 Å². The normalized spacial score (nSPS) is 14.2. The number of hydrogen-bond donors (Lipinski definition) is 1. The standard InChI is InChI=1S/C29H26Cl2N2O5S/c1-4-37-25-12-19(5-8-24(25)38-16-20-6-7-21(30)14-23(20)31)13-26-28(35)33(29(36)39-26)15-27(34)32-22-10-17(2)9-18(3)11-22/h5-14H,4,15-16H2,1-3H3,(H,32,34)/b26-13+. The number of carbonyl (C=O) groups is 3. The number of imide groups is 1. The number of anilines is 1. The molecule has 1 heterocycles. The minimum Gasteiger partial charge on any atom is -0.490 e. The van der Waals surface area contributed by atoms with Crippen LogP contribution in [0.5, 0.6) is 11.5 Å². The van der Waals surface area contributed by atoms with Crippen LogP contribution in [-0.2, 0) is 16.2 Å². The Bertz CT molecular complexity index is 1450. The van der Waals surface area contributed by atoms with Crippen LogP contribution in [0.25, 0.3) is 6.08 Å². The SMILES string of the molecule is CCOc1cc(/C=C2/SC(=O)N(CC(=O)Nc3cc(C)cc(C)c3)C2=O)ccc1OCc1ccc(Cl)cc1Cl. The first-order valence-electron chi connectivity index (χ1n) is 12.1. The van der Waals surface area contributed by atoms with Gasteiger partial charge in [0.25, 0.3) is 11.1 Å². The molecule has 1 aliphatic rings. The van der Waals surface area contributed by atoms with Crippen LogP contribution in [0.1, 0.15) is 29.2 Å². The van der Waals surface area contributed by atoms with E-state index in [0.29, 0.717) is 39.4 Å². The average molecular weight is 586 g/mol. The lowest BCUT2D eigenvalue weighted by molar-refractivity contribution is -0.127. The summed E-state index contributed by atoms with van der Waals surface area (Å²) in [5, 5.41) is 3.28. The van der Waals surface area contributed by atoms with Crippen LogP contribution >= 0.6 is 35.0 Å². The number of ether oxygens (including phenoxy) is 2. The van der Waals surface area contributed by atoms with Gasteiger partial charge < -0.3 is 14.8 Å². The molecular formula is C29H26Cl2N2O5S. The average Bonchev–Trinajstić information content (AvgIpc) is 3.11. The Morgan fingerprint density at radius 3 is 2.41 bits per heavy atom. The molecule has 39 heavy (non-hydrogen) atoms. The zero-order valence-electron chi connectivity index (χ0n) is 21.5. The quantitative estimate of drug-likeness (QED) is 0.266. The van der Waals surface area contributed by atoms with Crippen molar-refractivity contribution in [3.8, 4) is 11.5 Å². The number of nitrogens with zero attached hydrogens (tertiary/aromatic N) is 1. The molecule has 0 saturated carbocycles.